The predicted molar refractivity (Wildman–Crippen MR) is 65.5 cm³/mol. The Morgan fingerprint density at radius 2 is 2.12 bits per heavy atom. The molecule has 0 fully saturated rings. The minimum Gasteiger partial charge on any atom is -0.466 e. The van der Waals surface area contributed by atoms with Gasteiger partial charge in [-0.25, -0.2) is 0 Å². The fraction of sp³-hybridized carbons (Fsp3) is 0.692. The van der Waals surface area contributed by atoms with E-state index in [1.54, 1.807) is 0 Å². The molecule has 0 bridgehead atoms. The van der Waals surface area contributed by atoms with E-state index >= 15 is 0 Å². The summed E-state index contributed by atoms with van der Waals surface area (Å²) in [4.78, 5) is 0. The Bertz CT molecular complexity index is 342. The standard InChI is InChI=1S/C13H23NO2/c1-6-9(2)14-8-13(5,15)12-7-10(3)16-11(12)4/h7,9,14-15H,6,8H2,1-5H3. The lowest BCUT2D eigenvalue weighted by molar-refractivity contribution is 0.0528. The first-order valence-electron chi connectivity index (χ1n) is 5.90. The zero-order valence-electron chi connectivity index (χ0n) is 10.9. The number of hydrogen-bond donors (Lipinski definition) is 2. The van der Waals surface area contributed by atoms with Crippen LogP contribution in [0.3, 0.4) is 0 Å². The van der Waals surface area contributed by atoms with E-state index in [1.807, 2.05) is 26.8 Å². The monoisotopic (exact) mass is 225 g/mol. The van der Waals surface area contributed by atoms with Gasteiger partial charge in [0.1, 0.15) is 17.1 Å². The lowest BCUT2D eigenvalue weighted by atomic mass is 9.96. The van der Waals surface area contributed by atoms with E-state index < -0.39 is 5.60 Å². The van der Waals surface area contributed by atoms with Crippen molar-refractivity contribution < 1.29 is 9.52 Å². The molecule has 1 aromatic rings. The van der Waals surface area contributed by atoms with E-state index in [2.05, 4.69) is 19.2 Å². The Kier molecular flexibility index (Phi) is 4.16. The smallest absolute Gasteiger partial charge is 0.107 e. The zero-order valence-corrected chi connectivity index (χ0v) is 10.9. The molecule has 0 aliphatic heterocycles. The third-order valence-electron chi connectivity index (χ3n) is 3.03. The summed E-state index contributed by atoms with van der Waals surface area (Å²) in [5.41, 5.74) is 0.00598. The highest BCUT2D eigenvalue weighted by molar-refractivity contribution is 5.26. The van der Waals surface area contributed by atoms with Crippen molar-refractivity contribution in [2.45, 2.75) is 52.7 Å². The molecule has 0 aliphatic rings. The van der Waals surface area contributed by atoms with E-state index in [1.165, 1.54) is 0 Å². The van der Waals surface area contributed by atoms with E-state index in [4.69, 9.17) is 4.42 Å². The Morgan fingerprint density at radius 3 is 2.56 bits per heavy atom. The molecule has 1 rings (SSSR count). The maximum Gasteiger partial charge on any atom is 0.107 e. The van der Waals surface area contributed by atoms with Crippen LogP contribution >= 0.6 is 0 Å². The summed E-state index contributed by atoms with van der Waals surface area (Å²) >= 11 is 0. The number of rotatable bonds is 5. The van der Waals surface area contributed by atoms with Crippen LogP contribution in [-0.4, -0.2) is 17.7 Å². The highest BCUT2D eigenvalue weighted by Gasteiger charge is 2.27. The van der Waals surface area contributed by atoms with E-state index in [0.717, 1.165) is 23.5 Å². The van der Waals surface area contributed by atoms with Gasteiger partial charge in [0.05, 0.1) is 0 Å². The second-order valence-corrected chi connectivity index (χ2v) is 4.79. The number of aryl methyl sites for hydroxylation is 2. The van der Waals surface area contributed by atoms with Crippen LogP contribution in [0.1, 0.15) is 44.3 Å². The summed E-state index contributed by atoms with van der Waals surface area (Å²) in [6, 6.07) is 2.33. The molecule has 1 aromatic heterocycles. The molecule has 2 unspecified atom stereocenters. The third-order valence-corrected chi connectivity index (χ3v) is 3.03. The molecule has 0 saturated heterocycles. The first kappa shape index (κ1) is 13.3. The van der Waals surface area contributed by atoms with Gasteiger partial charge in [0, 0.05) is 18.2 Å². The van der Waals surface area contributed by atoms with Crippen LogP contribution in [0.2, 0.25) is 0 Å². The van der Waals surface area contributed by atoms with Crippen LogP contribution in [0.15, 0.2) is 10.5 Å². The van der Waals surface area contributed by atoms with Gasteiger partial charge in [-0.2, -0.15) is 0 Å². The molecule has 0 amide bonds. The second-order valence-electron chi connectivity index (χ2n) is 4.79. The van der Waals surface area contributed by atoms with Crippen LogP contribution in [0, 0.1) is 13.8 Å². The molecule has 2 N–H and O–H groups in total. The van der Waals surface area contributed by atoms with Crippen LogP contribution in [-0.2, 0) is 5.60 Å². The minimum atomic E-state index is -0.870. The van der Waals surface area contributed by atoms with Crippen LogP contribution in [0.25, 0.3) is 0 Å². The molecule has 2 atom stereocenters. The van der Waals surface area contributed by atoms with Crippen molar-refractivity contribution in [1.82, 2.24) is 5.32 Å². The van der Waals surface area contributed by atoms with Gasteiger partial charge in [-0.05, 0) is 40.2 Å². The number of nitrogens with one attached hydrogen (secondary N) is 1. The molecule has 0 aromatic carbocycles. The van der Waals surface area contributed by atoms with Gasteiger partial charge in [0.15, 0.2) is 0 Å². The average molecular weight is 225 g/mol. The highest BCUT2D eigenvalue weighted by atomic mass is 16.3. The van der Waals surface area contributed by atoms with E-state index in [-0.39, 0.29) is 0 Å². The Morgan fingerprint density at radius 1 is 1.50 bits per heavy atom. The normalized spacial score (nSPS) is 17.1. The predicted octanol–water partition coefficient (Wildman–Crippen LogP) is 2.49. The van der Waals surface area contributed by atoms with Gasteiger partial charge < -0.3 is 14.8 Å². The van der Waals surface area contributed by atoms with Crippen molar-refractivity contribution in [3.8, 4) is 0 Å². The molecule has 16 heavy (non-hydrogen) atoms. The molecule has 3 heteroatoms. The van der Waals surface area contributed by atoms with Crippen LogP contribution < -0.4 is 5.32 Å². The molecule has 3 nitrogen and oxygen atoms in total. The van der Waals surface area contributed by atoms with Crippen LogP contribution in [0.5, 0.6) is 0 Å². The summed E-state index contributed by atoms with van der Waals surface area (Å²) in [6.45, 7) is 10.4. The first-order valence-corrected chi connectivity index (χ1v) is 5.90. The summed E-state index contributed by atoms with van der Waals surface area (Å²) < 4.78 is 5.45. The molecular formula is C13H23NO2. The summed E-state index contributed by atoms with van der Waals surface area (Å²) in [5.74, 6) is 1.64. The van der Waals surface area contributed by atoms with Crippen LogP contribution in [0.4, 0.5) is 0 Å². The van der Waals surface area contributed by atoms with E-state index in [0.29, 0.717) is 12.6 Å². The Hall–Kier alpha value is -0.800. The maximum absolute atomic E-state index is 10.4. The fourth-order valence-corrected chi connectivity index (χ4v) is 1.78. The van der Waals surface area contributed by atoms with E-state index in [9.17, 15) is 5.11 Å². The molecule has 0 saturated carbocycles. The van der Waals surface area contributed by atoms with Crippen molar-refractivity contribution in [1.29, 1.82) is 0 Å². The van der Waals surface area contributed by atoms with Gasteiger partial charge >= 0.3 is 0 Å². The Balaban J connectivity index is 2.73. The quantitative estimate of drug-likeness (QED) is 0.809. The van der Waals surface area contributed by atoms with Gasteiger partial charge in [-0.1, -0.05) is 6.92 Å². The molecular weight excluding hydrogens is 202 g/mol. The van der Waals surface area contributed by atoms with Crippen molar-refractivity contribution in [2.75, 3.05) is 6.54 Å². The maximum atomic E-state index is 10.4. The lowest BCUT2D eigenvalue weighted by Gasteiger charge is -2.25. The highest BCUT2D eigenvalue weighted by Crippen LogP contribution is 2.26. The second kappa shape index (κ2) is 5.02. The van der Waals surface area contributed by atoms with Crippen molar-refractivity contribution in [3.05, 3.63) is 23.2 Å². The molecule has 0 spiro atoms. The average Bonchev–Trinajstić information content (AvgIpc) is 2.55. The summed E-state index contributed by atoms with van der Waals surface area (Å²) in [6.07, 6.45) is 1.06. The van der Waals surface area contributed by atoms with Gasteiger partial charge in [-0.3, -0.25) is 0 Å². The van der Waals surface area contributed by atoms with Crippen molar-refractivity contribution >= 4 is 0 Å². The lowest BCUT2D eigenvalue weighted by Crippen LogP contribution is -2.39. The largest absolute Gasteiger partial charge is 0.466 e. The fourth-order valence-electron chi connectivity index (χ4n) is 1.78. The molecule has 92 valence electrons. The molecule has 0 aliphatic carbocycles. The molecule has 1 heterocycles. The van der Waals surface area contributed by atoms with Crippen molar-refractivity contribution in [3.63, 3.8) is 0 Å². The summed E-state index contributed by atoms with van der Waals surface area (Å²) in [5, 5.41) is 13.7. The minimum absolute atomic E-state index is 0.416. The SMILES string of the molecule is CCC(C)NCC(C)(O)c1cc(C)oc1C. The van der Waals surface area contributed by atoms with Gasteiger partial charge in [0.2, 0.25) is 0 Å². The topological polar surface area (TPSA) is 45.4 Å². The Labute approximate surface area is 97.9 Å². The zero-order chi connectivity index (χ0) is 12.3. The number of aliphatic hydroxyl groups is 1. The van der Waals surface area contributed by atoms with Crippen molar-refractivity contribution in [2.24, 2.45) is 0 Å². The molecule has 0 radical (unpaired) electrons. The first-order chi connectivity index (χ1) is 7.36. The number of hydrogen-bond acceptors (Lipinski definition) is 3. The van der Waals surface area contributed by atoms with Gasteiger partial charge in [0.25, 0.3) is 0 Å². The third kappa shape index (κ3) is 3.09. The number of furan rings is 1. The van der Waals surface area contributed by atoms with Gasteiger partial charge in [-0.15, -0.1) is 0 Å². The summed E-state index contributed by atoms with van der Waals surface area (Å²) in [7, 11) is 0.